The van der Waals surface area contributed by atoms with Gasteiger partial charge in [-0.15, -0.1) is 0 Å². The van der Waals surface area contributed by atoms with E-state index in [4.69, 9.17) is 32.7 Å². The fraction of sp³-hybridized carbons (Fsp3) is 0.414. The summed E-state index contributed by atoms with van der Waals surface area (Å²) < 4.78 is 27.4. The Morgan fingerprint density at radius 2 is 1.95 bits per heavy atom. The van der Waals surface area contributed by atoms with E-state index < -0.39 is 11.4 Å². The van der Waals surface area contributed by atoms with E-state index >= 15 is 0 Å². The number of amides is 1. The molecule has 11 heteroatoms. The van der Waals surface area contributed by atoms with Crippen molar-refractivity contribution in [2.75, 3.05) is 11.9 Å². The van der Waals surface area contributed by atoms with Crippen molar-refractivity contribution in [2.45, 2.75) is 69.7 Å². The van der Waals surface area contributed by atoms with Gasteiger partial charge in [-0.2, -0.15) is 0 Å². The van der Waals surface area contributed by atoms with Crippen molar-refractivity contribution in [1.29, 1.82) is 0 Å². The fourth-order valence-corrected chi connectivity index (χ4v) is 5.71. The zero-order valence-corrected chi connectivity index (χ0v) is 23.8. The van der Waals surface area contributed by atoms with Gasteiger partial charge in [-0.3, -0.25) is 4.79 Å². The standard InChI is InChI=1S/C29H31Cl2FN4O4/c1-4-25(37)36-16-5-6-17(36)12-18(11-16)40-24-13-19-22(14-23(24)39-10-9-29(2,3)38)33-15-34-28(19)35-21-8-7-20(30)26(31)27(21)32/h4,7-8,13-18,38H,1,5-6,9-12H2,2-3H3,(H,33,34,35)/t16-,17?,18?/m0/s1. The molecule has 0 spiro atoms. The molecule has 3 aromatic rings. The molecule has 40 heavy (non-hydrogen) atoms. The Kier molecular flexibility index (Phi) is 8.08. The quantitative estimate of drug-likeness (QED) is 0.219. The molecule has 1 aromatic heterocycles. The number of carbonyl (C=O) groups is 1. The van der Waals surface area contributed by atoms with Gasteiger partial charge in [-0.25, -0.2) is 14.4 Å². The summed E-state index contributed by atoms with van der Waals surface area (Å²) >= 11 is 12.0. The van der Waals surface area contributed by atoms with Crippen molar-refractivity contribution in [3.63, 3.8) is 0 Å². The van der Waals surface area contributed by atoms with Crippen molar-refractivity contribution in [1.82, 2.24) is 14.9 Å². The lowest BCUT2D eigenvalue weighted by molar-refractivity contribution is -0.131. The molecule has 2 fully saturated rings. The average Bonchev–Trinajstić information content (AvgIpc) is 3.18. The molecule has 2 unspecified atom stereocenters. The molecule has 2 aliphatic rings. The van der Waals surface area contributed by atoms with Gasteiger partial charge < -0.3 is 24.8 Å². The van der Waals surface area contributed by atoms with E-state index in [2.05, 4.69) is 21.9 Å². The number of fused-ring (bicyclic) bond motifs is 3. The van der Waals surface area contributed by atoms with Crippen LogP contribution in [0.4, 0.5) is 15.9 Å². The van der Waals surface area contributed by atoms with Crippen molar-refractivity contribution in [3.05, 3.63) is 59.1 Å². The van der Waals surface area contributed by atoms with Gasteiger partial charge in [0.25, 0.3) is 0 Å². The second kappa shape index (κ2) is 11.4. The number of ether oxygens (including phenoxy) is 2. The first-order chi connectivity index (χ1) is 19.0. The molecule has 2 saturated heterocycles. The number of rotatable bonds is 9. The first kappa shape index (κ1) is 28.4. The summed E-state index contributed by atoms with van der Waals surface area (Å²) in [7, 11) is 0. The molecule has 2 aliphatic heterocycles. The Balaban J connectivity index is 1.47. The third-order valence-corrected chi connectivity index (χ3v) is 8.15. The lowest BCUT2D eigenvalue weighted by Crippen LogP contribution is -2.48. The summed E-state index contributed by atoms with van der Waals surface area (Å²) in [6, 6.07) is 6.68. The summed E-state index contributed by atoms with van der Waals surface area (Å²) in [5, 5.41) is 13.7. The summed E-state index contributed by atoms with van der Waals surface area (Å²) in [6.45, 7) is 7.34. The molecule has 212 valence electrons. The van der Waals surface area contributed by atoms with E-state index in [9.17, 15) is 14.3 Å². The van der Waals surface area contributed by atoms with Crippen molar-refractivity contribution in [3.8, 4) is 11.5 Å². The number of hydrogen-bond acceptors (Lipinski definition) is 7. The number of benzene rings is 2. The molecule has 2 aromatic carbocycles. The van der Waals surface area contributed by atoms with Crippen LogP contribution in [0.25, 0.3) is 10.9 Å². The Morgan fingerprint density at radius 3 is 2.62 bits per heavy atom. The number of aliphatic hydroxyl groups is 1. The van der Waals surface area contributed by atoms with Crippen LogP contribution in [-0.2, 0) is 4.79 Å². The van der Waals surface area contributed by atoms with Crippen LogP contribution in [0.2, 0.25) is 10.0 Å². The number of halogens is 3. The molecule has 3 heterocycles. The molecule has 2 N–H and O–H groups in total. The maximum atomic E-state index is 14.8. The Morgan fingerprint density at radius 1 is 1.23 bits per heavy atom. The number of anilines is 2. The normalized spacial score (nSPS) is 20.4. The molecule has 0 aliphatic carbocycles. The predicted molar refractivity (Wildman–Crippen MR) is 153 cm³/mol. The molecule has 8 nitrogen and oxygen atoms in total. The molecule has 2 bridgehead atoms. The van der Waals surface area contributed by atoms with Crippen LogP contribution in [0.3, 0.4) is 0 Å². The van der Waals surface area contributed by atoms with E-state index in [0.29, 0.717) is 47.5 Å². The van der Waals surface area contributed by atoms with E-state index in [-0.39, 0.29) is 46.4 Å². The summed E-state index contributed by atoms with van der Waals surface area (Å²) in [5.41, 5.74) is -0.238. The lowest BCUT2D eigenvalue weighted by atomic mass is 9.99. The largest absolute Gasteiger partial charge is 0.490 e. The summed E-state index contributed by atoms with van der Waals surface area (Å²) in [6.07, 6.45) is 6.21. The highest BCUT2D eigenvalue weighted by Gasteiger charge is 2.43. The number of nitrogens with one attached hydrogen (secondary N) is 1. The highest BCUT2D eigenvalue weighted by atomic mass is 35.5. The minimum atomic E-state index is -0.898. The molecule has 0 radical (unpaired) electrons. The molecule has 1 amide bonds. The van der Waals surface area contributed by atoms with Gasteiger partial charge in [0.2, 0.25) is 5.91 Å². The SMILES string of the molecule is C=CC(=O)N1C2CC[C@H]1CC(Oc1cc3c(Nc4ccc(Cl)c(Cl)c4F)ncnc3cc1OCCC(C)(C)O)C2. The smallest absolute Gasteiger partial charge is 0.246 e. The third kappa shape index (κ3) is 5.96. The van der Waals surface area contributed by atoms with Crippen molar-refractivity contribution >= 4 is 51.5 Å². The van der Waals surface area contributed by atoms with E-state index in [1.807, 2.05) is 4.90 Å². The Bertz CT molecular complexity index is 1430. The first-order valence-corrected chi connectivity index (χ1v) is 14.0. The highest BCUT2D eigenvalue weighted by molar-refractivity contribution is 6.42. The van der Waals surface area contributed by atoms with Gasteiger partial charge in [0.1, 0.15) is 18.2 Å². The van der Waals surface area contributed by atoms with Gasteiger partial charge in [-0.1, -0.05) is 29.8 Å². The van der Waals surface area contributed by atoms with Gasteiger partial charge in [0.15, 0.2) is 17.3 Å². The molecular weight excluding hydrogens is 558 g/mol. The monoisotopic (exact) mass is 588 g/mol. The second-order valence-electron chi connectivity index (χ2n) is 10.8. The van der Waals surface area contributed by atoms with Gasteiger partial charge in [0.05, 0.1) is 33.5 Å². The maximum Gasteiger partial charge on any atom is 0.246 e. The number of carbonyl (C=O) groups excluding carboxylic acids is 1. The van der Waals surface area contributed by atoms with Gasteiger partial charge in [0, 0.05) is 42.8 Å². The molecule has 0 saturated carbocycles. The van der Waals surface area contributed by atoms with Gasteiger partial charge in [-0.05, 0) is 51.0 Å². The topological polar surface area (TPSA) is 96.8 Å². The number of nitrogens with zero attached hydrogens (tertiary/aromatic N) is 3. The fourth-order valence-electron chi connectivity index (χ4n) is 5.40. The molecular formula is C29H31Cl2FN4O4. The van der Waals surface area contributed by atoms with Gasteiger partial charge >= 0.3 is 0 Å². The summed E-state index contributed by atoms with van der Waals surface area (Å²) in [5.74, 6) is 0.555. The van der Waals surface area contributed by atoms with Crippen LogP contribution in [0.15, 0.2) is 43.2 Å². The molecule has 5 rings (SSSR count). The molecule has 3 atom stereocenters. The predicted octanol–water partition coefficient (Wildman–Crippen LogP) is 6.45. The second-order valence-corrected chi connectivity index (χ2v) is 11.6. The minimum Gasteiger partial charge on any atom is -0.490 e. The van der Waals surface area contributed by atoms with Crippen LogP contribution < -0.4 is 14.8 Å². The van der Waals surface area contributed by atoms with Crippen molar-refractivity contribution in [2.24, 2.45) is 0 Å². The van der Waals surface area contributed by atoms with Crippen LogP contribution in [0, 0.1) is 5.82 Å². The Labute approximate surface area is 242 Å². The third-order valence-electron chi connectivity index (χ3n) is 7.37. The lowest BCUT2D eigenvalue weighted by Gasteiger charge is -2.38. The number of piperidine rings is 1. The van der Waals surface area contributed by atoms with E-state index in [0.717, 1.165) is 12.8 Å². The average molecular weight is 589 g/mol. The maximum absolute atomic E-state index is 14.8. The van der Waals surface area contributed by atoms with Crippen LogP contribution in [0.5, 0.6) is 11.5 Å². The summed E-state index contributed by atoms with van der Waals surface area (Å²) in [4.78, 5) is 23.1. The van der Waals surface area contributed by atoms with Crippen molar-refractivity contribution < 1.29 is 23.8 Å². The minimum absolute atomic E-state index is 0.0466. The van der Waals surface area contributed by atoms with E-state index in [1.165, 1.54) is 24.5 Å². The zero-order valence-electron chi connectivity index (χ0n) is 22.3. The van der Waals surface area contributed by atoms with Crippen LogP contribution in [-0.4, -0.2) is 56.3 Å². The zero-order chi connectivity index (χ0) is 28.6. The Hall–Kier alpha value is -3.14. The number of aromatic nitrogens is 2. The van der Waals surface area contributed by atoms with E-state index in [1.54, 1.807) is 26.0 Å². The number of hydrogen-bond donors (Lipinski definition) is 2. The van der Waals surface area contributed by atoms with Crippen LogP contribution in [0.1, 0.15) is 46.0 Å². The highest BCUT2D eigenvalue weighted by Crippen LogP contribution is 2.41. The van der Waals surface area contributed by atoms with Crippen LogP contribution >= 0.6 is 23.2 Å². The first-order valence-electron chi connectivity index (χ1n) is 13.2.